The second kappa shape index (κ2) is 4.03. The number of hydrogen-bond acceptors (Lipinski definition) is 2. The van der Waals surface area contributed by atoms with Gasteiger partial charge < -0.3 is 4.90 Å². The monoisotopic (exact) mass is 204 g/mol. The fraction of sp³-hybridized carbons (Fsp3) is 0.417. The minimum atomic E-state index is 0.158. The average Bonchev–Trinajstić information content (AvgIpc) is 2.22. The van der Waals surface area contributed by atoms with Crippen LogP contribution in [0.2, 0.25) is 0 Å². The van der Waals surface area contributed by atoms with Gasteiger partial charge >= 0.3 is 0 Å². The van der Waals surface area contributed by atoms with Gasteiger partial charge in [0.15, 0.2) is 0 Å². The van der Waals surface area contributed by atoms with Crippen LogP contribution in [0.15, 0.2) is 24.3 Å². The Morgan fingerprint density at radius 1 is 1.33 bits per heavy atom. The second-order valence-electron chi connectivity index (χ2n) is 4.20. The highest BCUT2D eigenvalue weighted by Gasteiger charge is 2.23. The summed E-state index contributed by atoms with van der Waals surface area (Å²) in [6.07, 6.45) is 0.968. The molecule has 3 nitrogen and oxygen atoms in total. The summed E-state index contributed by atoms with van der Waals surface area (Å²) in [4.78, 5) is 16.0. The zero-order chi connectivity index (χ0) is 10.8. The van der Waals surface area contributed by atoms with Crippen LogP contribution < -0.4 is 0 Å². The maximum Gasteiger partial charge on any atom is 0.255 e. The second-order valence-corrected chi connectivity index (χ2v) is 4.20. The standard InChI is InChI=1S/C12H16N2O/c1-13(2)9-14-8-7-10-5-3-4-6-11(10)12(14)15/h3-6H,7-9H2,1-2H3. The van der Waals surface area contributed by atoms with E-state index in [4.69, 9.17) is 0 Å². The molecular formula is C12H16N2O. The van der Waals surface area contributed by atoms with E-state index in [1.165, 1.54) is 5.56 Å². The van der Waals surface area contributed by atoms with Gasteiger partial charge in [-0.05, 0) is 32.1 Å². The number of amides is 1. The van der Waals surface area contributed by atoms with Gasteiger partial charge in [0.05, 0.1) is 6.67 Å². The first-order valence-electron chi connectivity index (χ1n) is 5.20. The number of benzene rings is 1. The minimum Gasteiger partial charge on any atom is -0.325 e. The zero-order valence-electron chi connectivity index (χ0n) is 9.23. The van der Waals surface area contributed by atoms with E-state index < -0.39 is 0 Å². The Bertz CT molecular complexity index is 374. The van der Waals surface area contributed by atoms with E-state index >= 15 is 0 Å². The van der Waals surface area contributed by atoms with Crippen molar-refractivity contribution in [3.8, 4) is 0 Å². The number of carbonyl (C=O) groups is 1. The minimum absolute atomic E-state index is 0.158. The van der Waals surface area contributed by atoms with E-state index in [1.807, 2.05) is 48.2 Å². The molecule has 0 saturated heterocycles. The molecule has 0 unspecified atom stereocenters. The van der Waals surface area contributed by atoms with Crippen molar-refractivity contribution in [2.75, 3.05) is 27.3 Å². The van der Waals surface area contributed by atoms with Gasteiger partial charge in [-0.1, -0.05) is 18.2 Å². The Morgan fingerprint density at radius 3 is 2.80 bits per heavy atom. The van der Waals surface area contributed by atoms with Crippen LogP contribution in [0.4, 0.5) is 0 Å². The molecule has 1 heterocycles. The molecule has 0 N–H and O–H groups in total. The van der Waals surface area contributed by atoms with E-state index in [9.17, 15) is 4.79 Å². The molecule has 15 heavy (non-hydrogen) atoms. The summed E-state index contributed by atoms with van der Waals surface area (Å²) in [6.45, 7) is 1.53. The molecule has 0 aliphatic carbocycles. The van der Waals surface area contributed by atoms with Crippen molar-refractivity contribution in [2.24, 2.45) is 0 Å². The quantitative estimate of drug-likeness (QED) is 0.722. The topological polar surface area (TPSA) is 23.6 Å². The predicted octanol–water partition coefficient (Wildman–Crippen LogP) is 1.20. The normalized spacial score (nSPS) is 15.7. The number of fused-ring (bicyclic) bond motifs is 1. The Hall–Kier alpha value is -1.35. The molecule has 3 heteroatoms. The van der Waals surface area contributed by atoms with Crippen molar-refractivity contribution in [1.29, 1.82) is 0 Å². The van der Waals surface area contributed by atoms with Gasteiger partial charge in [-0.2, -0.15) is 0 Å². The van der Waals surface area contributed by atoms with Gasteiger partial charge in [-0.3, -0.25) is 9.69 Å². The molecule has 0 spiro atoms. The summed E-state index contributed by atoms with van der Waals surface area (Å²) in [5.41, 5.74) is 2.04. The van der Waals surface area contributed by atoms with Gasteiger partial charge in [0.25, 0.3) is 5.91 Å². The molecule has 80 valence electrons. The first-order chi connectivity index (χ1) is 7.18. The Balaban J connectivity index is 2.22. The van der Waals surface area contributed by atoms with E-state index in [0.717, 1.165) is 18.5 Å². The van der Waals surface area contributed by atoms with Crippen molar-refractivity contribution in [2.45, 2.75) is 6.42 Å². The molecule has 0 aromatic heterocycles. The number of hydrogen-bond donors (Lipinski definition) is 0. The summed E-state index contributed by atoms with van der Waals surface area (Å²) in [6, 6.07) is 7.88. The third kappa shape index (κ3) is 2.02. The molecule has 0 radical (unpaired) electrons. The van der Waals surface area contributed by atoms with Gasteiger partial charge in [-0.25, -0.2) is 0 Å². The first kappa shape index (κ1) is 10.2. The van der Waals surface area contributed by atoms with E-state index in [1.54, 1.807) is 0 Å². The van der Waals surface area contributed by atoms with Crippen LogP contribution >= 0.6 is 0 Å². The van der Waals surface area contributed by atoms with Crippen LogP contribution in [0, 0.1) is 0 Å². The Labute approximate surface area is 90.3 Å². The van der Waals surface area contributed by atoms with Crippen molar-refractivity contribution >= 4 is 5.91 Å². The molecule has 1 aliphatic rings. The zero-order valence-corrected chi connectivity index (χ0v) is 9.23. The fourth-order valence-electron chi connectivity index (χ4n) is 1.95. The number of nitrogens with zero attached hydrogens (tertiary/aromatic N) is 2. The van der Waals surface area contributed by atoms with Gasteiger partial charge in [0.2, 0.25) is 0 Å². The molecule has 2 rings (SSSR count). The average molecular weight is 204 g/mol. The summed E-state index contributed by atoms with van der Waals surface area (Å²) in [7, 11) is 3.96. The lowest BCUT2D eigenvalue weighted by atomic mass is 9.99. The van der Waals surface area contributed by atoms with Crippen LogP contribution in [0.5, 0.6) is 0 Å². The number of rotatable bonds is 2. The molecule has 0 saturated carbocycles. The smallest absolute Gasteiger partial charge is 0.255 e. The lowest BCUT2D eigenvalue weighted by molar-refractivity contribution is 0.0658. The Kier molecular flexibility index (Phi) is 2.73. The third-order valence-electron chi connectivity index (χ3n) is 2.64. The lowest BCUT2D eigenvalue weighted by Crippen LogP contribution is -2.42. The van der Waals surface area contributed by atoms with Crippen molar-refractivity contribution in [1.82, 2.24) is 9.80 Å². The van der Waals surface area contributed by atoms with Crippen LogP contribution in [0.1, 0.15) is 15.9 Å². The van der Waals surface area contributed by atoms with Gasteiger partial charge in [-0.15, -0.1) is 0 Å². The summed E-state index contributed by atoms with van der Waals surface area (Å²) in [5.74, 6) is 0.158. The van der Waals surface area contributed by atoms with Crippen molar-refractivity contribution < 1.29 is 4.79 Å². The molecule has 0 fully saturated rings. The highest BCUT2D eigenvalue weighted by atomic mass is 16.2. The third-order valence-corrected chi connectivity index (χ3v) is 2.64. The first-order valence-corrected chi connectivity index (χ1v) is 5.20. The van der Waals surface area contributed by atoms with Crippen molar-refractivity contribution in [3.63, 3.8) is 0 Å². The van der Waals surface area contributed by atoms with Crippen LogP contribution in [0.25, 0.3) is 0 Å². The molecule has 1 amide bonds. The molecule has 1 aromatic carbocycles. The number of carbonyl (C=O) groups excluding carboxylic acids is 1. The van der Waals surface area contributed by atoms with Crippen molar-refractivity contribution in [3.05, 3.63) is 35.4 Å². The van der Waals surface area contributed by atoms with E-state index in [-0.39, 0.29) is 5.91 Å². The van der Waals surface area contributed by atoms with E-state index in [0.29, 0.717) is 6.67 Å². The summed E-state index contributed by atoms with van der Waals surface area (Å²) < 4.78 is 0. The van der Waals surface area contributed by atoms with Crippen LogP contribution in [0.3, 0.4) is 0 Å². The van der Waals surface area contributed by atoms with E-state index in [2.05, 4.69) is 0 Å². The molecule has 1 aliphatic heterocycles. The molecule has 1 aromatic rings. The maximum absolute atomic E-state index is 12.1. The van der Waals surface area contributed by atoms with Crippen LogP contribution in [-0.2, 0) is 6.42 Å². The molecule has 0 atom stereocenters. The maximum atomic E-state index is 12.1. The highest BCUT2D eigenvalue weighted by Crippen LogP contribution is 2.18. The largest absolute Gasteiger partial charge is 0.325 e. The van der Waals surface area contributed by atoms with Gasteiger partial charge in [0, 0.05) is 12.1 Å². The van der Waals surface area contributed by atoms with Crippen LogP contribution in [-0.4, -0.2) is 43.0 Å². The van der Waals surface area contributed by atoms with Gasteiger partial charge in [0.1, 0.15) is 0 Å². The lowest BCUT2D eigenvalue weighted by Gasteiger charge is -2.30. The SMILES string of the molecule is CN(C)CN1CCc2ccccc2C1=O. The predicted molar refractivity (Wildman–Crippen MR) is 59.7 cm³/mol. The molecular weight excluding hydrogens is 188 g/mol. The highest BCUT2D eigenvalue weighted by molar-refractivity contribution is 5.96. The summed E-state index contributed by atoms with van der Waals surface area (Å²) >= 11 is 0. The molecule has 0 bridgehead atoms. The summed E-state index contributed by atoms with van der Waals surface area (Å²) in [5, 5.41) is 0. The fourth-order valence-corrected chi connectivity index (χ4v) is 1.95. The Morgan fingerprint density at radius 2 is 2.07 bits per heavy atom.